The van der Waals surface area contributed by atoms with Crippen LogP contribution >= 0.6 is 27.5 Å². The molecule has 0 amide bonds. The minimum absolute atomic E-state index is 0.476. The van der Waals surface area contributed by atoms with Crippen molar-refractivity contribution in [1.82, 2.24) is 9.97 Å². The zero-order valence-corrected chi connectivity index (χ0v) is 9.46. The molecule has 0 aliphatic carbocycles. The first kappa shape index (κ1) is 9.62. The second-order valence-corrected chi connectivity index (χ2v) is 4.03. The molecular weight excluding hydrogens is 263 g/mol. The van der Waals surface area contributed by atoms with Crippen LogP contribution in [0.2, 0.25) is 5.15 Å². The van der Waals surface area contributed by atoms with Crippen LogP contribution in [0.15, 0.2) is 41.1 Å². The first-order chi connectivity index (χ1) is 6.75. The second-order valence-electron chi connectivity index (χ2n) is 2.73. The summed E-state index contributed by atoms with van der Waals surface area (Å²) in [5, 5.41) is 0.476. The van der Waals surface area contributed by atoms with Gasteiger partial charge in [0.15, 0.2) is 0 Å². The van der Waals surface area contributed by atoms with Crippen LogP contribution in [0.1, 0.15) is 0 Å². The minimum Gasteiger partial charge on any atom is -0.256 e. The lowest BCUT2D eigenvalue weighted by Gasteiger charge is -2.00. The summed E-state index contributed by atoms with van der Waals surface area (Å²) in [6.07, 6.45) is 3.41. The average molecular weight is 270 g/mol. The molecule has 0 aliphatic heterocycles. The van der Waals surface area contributed by atoms with Crippen molar-refractivity contribution in [2.45, 2.75) is 0 Å². The van der Waals surface area contributed by atoms with Gasteiger partial charge in [0.05, 0.1) is 5.69 Å². The van der Waals surface area contributed by atoms with Gasteiger partial charge in [-0.1, -0.05) is 27.5 Å². The molecule has 2 heterocycles. The predicted octanol–water partition coefficient (Wildman–Crippen LogP) is 3.56. The molecule has 2 aromatic heterocycles. The summed E-state index contributed by atoms with van der Waals surface area (Å²) >= 11 is 9.17. The van der Waals surface area contributed by atoms with Gasteiger partial charge in [-0.05, 0) is 24.3 Å². The fraction of sp³-hybridized carbons (Fsp3) is 0. The van der Waals surface area contributed by atoms with Crippen LogP contribution in [0.3, 0.4) is 0 Å². The van der Waals surface area contributed by atoms with Gasteiger partial charge < -0.3 is 0 Å². The SMILES string of the molecule is Clc1cc(-c2cc(Br)ccn2)ccn1. The second kappa shape index (κ2) is 4.07. The fourth-order valence-corrected chi connectivity index (χ4v) is 1.63. The first-order valence-corrected chi connectivity index (χ1v) is 5.16. The van der Waals surface area contributed by atoms with Crippen molar-refractivity contribution in [2.75, 3.05) is 0 Å². The first-order valence-electron chi connectivity index (χ1n) is 3.99. The Labute approximate surface area is 95.1 Å². The van der Waals surface area contributed by atoms with Crippen LogP contribution in [-0.2, 0) is 0 Å². The summed E-state index contributed by atoms with van der Waals surface area (Å²) in [4.78, 5) is 8.15. The van der Waals surface area contributed by atoms with Gasteiger partial charge in [-0.3, -0.25) is 4.98 Å². The third-order valence-electron chi connectivity index (χ3n) is 1.74. The highest BCUT2D eigenvalue weighted by molar-refractivity contribution is 9.10. The van der Waals surface area contributed by atoms with E-state index >= 15 is 0 Å². The van der Waals surface area contributed by atoms with E-state index in [0.717, 1.165) is 15.7 Å². The number of hydrogen-bond donors (Lipinski definition) is 0. The van der Waals surface area contributed by atoms with E-state index < -0.39 is 0 Å². The fourth-order valence-electron chi connectivity index (χ4n) is 1.12. The van der Waals surface area contributed by atoms with Crippen molar-refractivity contribution in [2.24, 2.45) is 0 Å². The molecule has 0 N–H and O–H groups in total. The van der Waals surface area contributed by atoms with Crippen molar-refractivity contribution < 1.29 is 0 Å². The Morgan fingerprint density at radius 2 is 1.86 bits per heavy atom. The lowest BCUT2D eigenvalue weighted by Crippen LogP contribution is -1.83. The molecule has 0 aromatic carbocycles. The molecule has 2 aromatic rings. The number of nitrogens with zero attached hydrogens (tertiary/aromatic N) is 2. The molecule has 4 heteroatoms. The predicted molar refractivity (Wildman–Crippen MR) is 60.2 cm³/mol. The maximum atomic E-state index is 5.78. The van der Waals surface area contributed by atoms with Crippen LogP contribution in [0.5, 0.6) is 0 Å². The summed E-state index contributed by atoms with van der Waals surface area (Å²) in [6.45, 7) is 0. The van der Waals surface area contributed by atoms with E-state index in [0.29, 0.717) is 5.15 Å². The molecule has 0 spiro atoms. The number of aromatic nitrogens is 2. The molecule has 0 aliphatic rings. The summed E-state index contributed by atoms with van der Waals surface area (Å²) in [6, 6.07) is 7.48. The van der Waals surface area contributed by atoms with E-state index in [-0.39, 0.29) is 0 Å². The molecule has 2 nitrogen and oxygen atoms in total. The smallest absolute Gasteiger partial charge is 0.129 e. The Hall–Kier alpha value is -0.930. The maximum absolute atomic E-state index is 5.78. The van der Waals surface area contributed by atoms with Crippen LogP contribution in [-0.4, -0.2) is 9.97 Å². The average Bonchev–Trinajstić information content (AvgIpc) is 2.18. The number of hydrogen-bond acceptors (Lipinski definition) is 2. The van der Waals surface area contributed by atoms with E-state index in [9.17, 15) is 0 Å². The Morgan fingerprint density at radius 1 is 1.07 bits per heavy atom. The van der Waals surface area contributed by atoms with Crippen LogP contribution < -0.4 is 0 Å². The Morgan fingerprint density at radius 3 is 2.57 bits per heavy atom. The van der Waals surface area contributed by atoms with Gasteiger partial charge in [-0.25, -0.2) is 4.98 Å². The van der Waals surface area contributed by atoms with E-state index in [4.69, 9.17) is 11.6 Å². The Kier molecular flexibility index (Phi) is 2.79. The quantitative estimate of drug-likeness (QED) is 0.740. The zero-order valence-electron chi connectivity index (χ0n) is 7.11. The van der Waals surface area contributed by atoms with Crippen molar-refractivity contribution in [3.63, 3.8) is 0 Å². The molecule has 0 radical (unpaired) electrons. The highest BCUT2D eigenvalue weighted by atomic mass is 79.9. The van der Waals surface area contributed by atoms with Gasteiger partial charge in [0.25, 0.3) is 0 Å². The van der Waals surface area contributed by atoms with Crippen LogP contribution in [0, 0.1) is 0 Å². The van der Waals surface area contributed by atoms with Gasteiger partial charge in [-0.15, -0.1) is 0 Å². The molecule has 14 heavy (non-hydrogen) atoms. The van der Waals surface area contributed by atoms with Crippen molar-refractivity contribution in [3.05, 3.63) is 46.3 Å². The molecule has 0 saturated carbocycles. The molecule has 0 bridgehead atoms. The summed E-state index contributed by atoms with van der Waals surface area (Å²) < 4.78 is 0.996. The topological polar surface area (TPSA) is 25.8 Å². The van der Waals surface area contributed by atoms with Crippen molar-refractivity contribution in [3.8, 4) is 11.3 Å². The monoisotopic (exact) mass is 268 g/mol. The summed E-state index contributed by atoms with van der Waals surface area (Å²) in [5.41, 5.74) is 1.84. The molecule has 0 fully saturated rings. The van der Waals surface area contributed by atoms with E-state index in [1.165, 1.54) is 0 Å². The highest BCUT2D eigenvalue weighted by Gasteiger charge is 2.00. The molecule has 0 unspecified atom stereocenters. The largest absolute Gasteiger partial charge is 0.256 e. The maximum Gasteiger partial charge on any atom is 0.129 e. The van der Waals surface area contributed by atoms with Crippen molar-refractivity contribution >= 4 is 27.5 Å². The third kappa shape index (κ3) is 2.11. The van der Waals surface area contributed by atoms with Gasteiger partial charge >= 0.3 is 0 Å². The minimum atomic E-state index is 0.476. The molecular formula is C10H6BrClN2. The molecule has 0 saturated heterocycles. The van der Waals surface area contributed by atoms with E-state index in [2.05, 4.69) is 25.9 Å². The van der Waals surface area contributed by atoms with Crippen LogP contribution in [0.25, 0.3) is 11.3 Å². The Balaban J connectivity index is 2.49. The van der Waals surface area contributed by atoms with Gasteiger partial charge in [-0.2, -0.15) is 0 Å². The third-order valence-corrected chi connectivity index (χ3v) is 2.44. The zero-order chi connectivity index (χ0) is 9.97. The standard InChI is InChI=1S/C10H6BrClN2/c11-8-2-4-13-9(6-8)7-1-3-14-10(12)5-7/h1-6H. The van der Waals surface area contributed by atoms with Crippen molar-refractivity contribution in [1.29, 1.82) is 0 Å². The highest BCUT2D eigenvalue weighted by Crippen LogP contribution is 2.21. The lowest BCUT2D eigenvalue weighted by atomic mass is 10.2. The van der Waals surface area contributed by atoms with Gasteiger partial charge in [0.1, 0.15) is 5.15 Å². The summed E-state index contributed by atoms with van der Waals surface area (Å²) in [5.74, 6) is 0. The van der Waals surface area contributed by atoms with E-state index in [1.807, 2.05) is 18.2 Å². The van der Waals surface area contributed by atoms with E-state index in [1.54, 1.807) is 18.5 Å². The van der Waals surface area contributed by atoms with Crippen LogP contribution in [0.4, 0.5) is 0 Å². The summed E-state index contributed by atoms with van der Waals surface area (Å²) in [7, 11) is 0. The lowest BCUT2D eigenvalue weighted by molar-refractivity contribution is 1.28. The number of rotatable bonds is 1. The molecule has 0 atom stereocenters. The molecule has 70 valence electrons. The number of pyridine rings is 2. The molecule has 2 rings (SSSR count). The van der Waals surface area contributed by atoms with Gasteiger partial charge in [0.2, 0.25) is 0 Å². The Bertz CT molecular complexity index is 416. The normalized spacial score (nSPS) is 10.1. The van der Waals surface area contributed by atoms with Gasteiger partial charge in [0, 0.05) is 22.4 Å². The number of halogens is 2.